The van der Waals surface area contributed by atoms with Gasteiger partial charge >= 0.3 is 6.18 Å². The first-order valence-corrected chi connectivity index (χ1v) is 6.58. The summed E-state index contributed by atoms with van der Waals surface area (Å²) in [6.45, 7) is 0.185. The number of benzene rings is 1. The largest absolute Gasteiger partial charge is 0.451 e. The third-order valence-corrected chi connectivity index (χ3v) is 3.17. The molecule has 0 aliphatic heterocycles. The molecule has 3 rings (SSSR count). The molecule has 0 atom stereocenters. The van der Waals surface area contributed by atoms with E-state index in [2.05, 4.69) is 19.9 Å². The minimum Gasteiger partial charge on any atom is -0.352 e. The van der Waals surface area contributed by atoms with Gasteiger partial charge in [0.05, 0.1) is 17.6 Å². The molecule has 0 aliphatic rings. The Balaban J connectivity index is 1.84. The van der Waals surface area contributed by atoms with Gasteiger partial charge in [-0.25, -0.2) is 19.3 Å². The first-order valence-electron chi connectivity index (χ1n) is 6.58. The van der Waals surface area contributed by atoms with E-state index < -0.39 is 17.8 Å². The lowest BCUT2D eigenvalue weighted by molar-refractivity contribution is -0.144. The van der Waals surface area contributed by atoms with E-state index in [-0.39, 0.29) is 12.4 Å². The number of nitrogens with one attached hydrogen (secondary N) is 1. The summed E-state index contributed by atoms with van der Waals surface area (Å²) >= 11 is 0. The summed E-state index contributed by atoms with van der Waals surface area (Å²) in [5.74, 6) is -1.00. The predicted octanol–water partition coefficient (Wildman–Crippen LogP) is 3.15. The number of nitrogens with zero attached hydrogens (tertiary/aromatic N) is 4. The molecule has 0 aliphatic carbocycles. The molecule has 2 heterocycles. The van der Waals surface area contributed by atoms with Gasteiger partial charge in [0, 0.05) is 13.2 Å². The molecule has 3 aromatic rings. The van der Waals surface area contributed by atoms with Crippen LogP contribution in [-0.2, 0) is 12.7 Å². The van der Waals surface area contributed by atoms with Crippen LogP contribution in [0.2, 0.25) is 0 Å². The fourth-order valence-electron chi connectivity index (χ4n) is 2.11. The lowest BCUT2D eigenvalue weighted by atomic mass is 10.3. The lowest BCUT2D eigenvalue weighted by Gasteiger charge is -2.17. The van der Waals surface area contributed by atoms with Crippen molar-refractivity contribution in [3.63, 3.8) is 0 Å². The fourth-order valence-corrected chi connectivity index (χ4v) is 2.11. The zero-order valence-corrected chi connectivity index (χ0v) is 11.9. The lowest BCUT2D eigenvalue weighted by Crippen LogP contribution is -2.21. The number of fused-ring (bicyclic) bond motifs is 1. The SMILES string of the molecule is CN(Cc1nc2ccc(F)cc2[nH]1)c1ccnc(C(F)(F)F)n1. The van der Waals surface area contributed by atoms with Crippen molar-refractivity contribution in [2.45, 2.75) is 12.7 Å². The van der Waals surface area contributed by atoms with Crippen LogP contribution in [0, 0.1) is 5.82 Å². The molecule has 1 aromatic carbocycles. The molecular weight excluding hydrogens is 314 g/mol. The van der Waals surface area contributed by atoms with Crippen LogP contribution in [0.3, 0.4) is 0 Å². The Labute approximate surface area is 128 Å². The highest BCUT2D eigenvalue weighted by atomic mass is 19.4. The predicted molar refractivity (Wildman–Crippen MR) is 75.2 cm³/mol. The van der Waals surface area contributed by atoms with Crippen molar-refractivity contribution < 1.29 is 17.6 Å². The number of hydrogen-bond acceptors (Lipinski definition) is 4. The smallest absolute Gasteiger partial charge is 0.352 e. The standard InChI is InChI=1S/C14H11F4N5/c1-23(12-4-5-19-13(22-12)14(16,17)18)7-11-20-9-3-2-8(15)6-10(9)21-11/h2-6H,7H2,1H3,(H,20,21). The molecule has 23 heavy (non-hydrogen) atoms. The topological polar surface area (TPSA) is 57.7 Å². The van der Waals surface area contributed by atoms with Crippen LogP contribution in [0.5, 0.6) is 0 Å². The van der Waals surface area contributed by atoms with Crippen molar-refractivity contribution in [2.75, 3.05) is 11.9 Å². The van der Waals surface area contributed by atoms with Gasteiger partial charge in [0.15, 0.2) is 0 Å². The number of aromatic nitrogens is 4. The Bertz CT molecular complexity index is 843. The zero-order chi connectivity index (χ0) is 16.6. The van der Waals surface area contributed by atoms with Gasteiger partial charge in [0.2, 0.25) is 5.82 Å². The molecule has 0 spiro atoms. The molecule has 2 aromatic heterocycles. The van der Waals surface area contributed by atoms with Crippen molar-refractivity contribution in [2.24, 2.45) is 0 Å². The Kier molecular flexibility index (Phi) is 3.63. The molecular formula is C14H11F4N5. The van der Waals surface area contributed by atoms with Crippen molar-refractivity contribution in [1.29, 1.82) is 0 Å². The molecule has 0 saturated carbocycles. The van der Waals surface area contributed by atoms with Crippen molar-refractivity contribution in [3.05, 3.63) is 47.9 Å². The van der Waals surface area contributed by atoms with Crippen LogP contribution >= 0.6 is 0 Å². The fraction of sp³-hybridized carbons (Fsp3) is 0.214. The van der Waals surface area contributed by atoms with E-state index in [9.17, 15) is 17.6 Å². The molecule has 1 N–H and O–H groups in total. The van der Waals surface area contributed by atoms with E-state index in [1.54, 1.807) is 7.05 Å². The second-order valence-electron chi connectivity index (χ2n) is 4.94. The van der Waals surface area contributed by atoms with Crippen LogP contribution in [-0.4, -0.2) is 27.0 Å². The van der Waals surface area contributed by atoms with Crippen LogP contribution in [0.15, 0.2) is 30.5 Å². The van der Waals surface area contributed by atoms with Crippen molar-refractivity contribution in [3.8, 4) is 0 Å². The Morgan fingerprint density at radius 2 is 1.96 bits per heavy atom. The Morgan fingerprint density at radius 3 is 2.70 bits per heavy atom. The molecule has 9 heteroatoms. The molecule has 0 fully saturated rings. The van der Waals surface area contributed by atoms with Crippen LogP contribution in [0.25, 0.3) is 11.0 Å². The maximum Gasteiger partial charge on any atom is 0.451 e. The van der Waals surface area contributed by atoms with Crippen LogP contribution < -0.4 is 4.90 Å². The van der Waals surface area contributed by atoms with Gasteiger partial charge in [-0.3, -0.25) is 0 Å². The molecule has 0 unspecified atom stereocenters. The van der Waals surface area contributed by atoms with Crippen LogP contribution in [0.4, 0.5) is 23.4 Å². The second-order valence-corrected chi connectivity index (χ2v) is 4.94. The number of hydrogen-bond donors (Lipinski definition) is 1. The highest BCUT2D eigenvalue weighted by Gasteiger charge is 2.34. The molecule has 120 valence electrons. The van der Waals surface area contributed by atoms with Gasteiger partial charge in [-0.2, -0.15) is 13.2 Å². The highest BCUT2D eigenvalue weighted by Crippen LogP contribution is 2.27. The molecule has 5 nitrogen and oxygen atoms in total. The summed E-state index contributed by atoms with van der Waals surface area (Å²) in [7, 11) is 1.58. The minimum absolute atomic E-state index is 0.110. The summed E-state index contributed by atoms with van der Waals surface area (Å²) in [5.41, 5.74) is 1.10. The van der Waals surface area contributed by atoms with Crippen molar-refractivity contribution >= 4 is 16.9 Å². The maximum absolute atomic E-state index is 13.1. The second kappa shape index (κ2) is 5.49. The van der Waals surface area contributed by atoms with Gasteiger partial charge < -0.3 is 9.88 Å². The summed E-state index contributed by atoms with van der Waals surface area (Å²) in [5, 5.41) is 0. The van der Waals surface area contributed by atoms with E-state index >= 15 is 0 Å². The maximum atomic E-state index is 13.1. The number of halogens is 4. The number of alkyl halides is 3. The summed E-state index contributed by atoms with van der Waals surface area (Å²) in [4.78, 5) is 15.4. The average molecular weight is 325 g/mol. The van der Waals surface area contributed by atoms with Crippen LogP contribution in [0.1, 0.15) is 11.6 Å². The van der Waals surface area contributed by atoms with Crippen molar-refractivity contribution in [1.82, 2.24) is 19.9 Å². The van der Waals surface area contributed by atoms with E-state index in [0.717, 1.165) is 6.20 Å². The van der Waals surface area contributed by atoms with E-state index in [0.29, 0.717) is 16.9 Å². The normalized spacial score (nSPS) is 11.9. The molecule has 0 radical (unpaired) electrons. The summed E-state index contributed by atoms with van der Waals surface area (Å²) in [6.07, 6.45) is -3.55. The van der Waals surface area contributed by atoms with Gasteiger partial charge in [0.1, 0.15) is 17.5 Å². The molecule has 0 saturated heterocycles. The number of anilines is 1. The van der Waals surface area contributed by atoms with E-state index in [1.165, 1.54) is 29.2 Å². The first-order chi connectivity index (χ1) is 10.8. The summed E-state index contributed by atoms with van der Waals surface area (Å²) in [6, 6.07) is 5.49. The number of rotatable bonds is 3. The van der Waals surface area contributed by atoms with Gasteiger partial charge in [-0.05, 0) is 24.3 Å². The molecule has 0 amide bonds. The summed E-state index contributed by atoms with van der Waals surface area (Å²) < 4.78 is 51.1. The zero-order valence-electron chi connectivity index (χ0n) is 11.9. The third-order valence-electron chi connectivity index (χ3n) is 3.17. The number of imidazole rings is 1. The van der Waals surface area contributed by atoms with E-state index in [4.69, 9.17) is 0 Å². The van der Waals surface area contributed by atoms with E-state index in [1.807, 2.05) is 0 Å². The average Bonchev–Trinajstić information content (AvgIpc) is 2.87. The third kappa shape index (κ3) is 3.22. The Hall–Kier alpha value is -2.71. The minimum atomic E-state index is -4.60. The monoisotopic (exact) mass is 325 g/mol. The Morgan fingerprint density at radius 1 is 1.17 bits per heavy atom. The van der Waals surface area contributed by atoms with Gasteiger partial charge in [-0.15, -0.1) is 0 Å². The highest BCUT2D eigenvalue weighted by molar-refractivity contribution is 5.75. The van der Waals surface area contributed by atoms with Gasteiger partial charge in [0.25, 0.3) is 0 Å². The number of aromatic amines is 1. The quantitative estimate of drug-likeness (QED) is 0.752. The molecule has 0 bridgehead atoms. The first kappa shape index (κ1) is 15.2. The number of H-pyrrole nitrogens is 1. The van der Waals surface area contributed by atoms with Gasteiger partial charge in [-0.1, -0.05) is 0 Å².